The number of anilines is 1. The zero-order chi connectivity index (χ0) is 25.7. The van der Waals surface area contributed by atoms with Crippen LogP contribution in [0.15, 0.2) is 83.9 Å². The second-order valence-electron chi connectivity index (χ2n) is 8.48. The fraction of sp³-hybridized carbons (Fsp3) is 0.214. The first kappa shape index (κ1) is 24.7. The Morgan fingerprint density at radius 2 is 1.67 bits per heavy atom. The van der Waals surface area contributed by atoms with E-state index in [0.717, 1.165) is 16.7 Å². The lowest BCUT2D eigenvalue weighted by molar-refractivity contribution is -0.130. The Morgan fingerprint density at radius 3 is 2.36 bits per heavy atom. The average Bonchev–Trinajstić information content (AvgIpc) is 3.00. The number of rotatable bonds is 7. The first-order chi connectivity index (χ1) is 17.4. The number of aliphatic imine (C=N–C) groups is 1. The van der Waals surface area contributed by atoms with Crippen LogP contribution in [0.25, 0.3) is 0 Å². The van der Waals surface area contributed by atoms with Crippen molar-refractivity contribution < 1.29 is 19.1 Å². The highest BCUT2D eigenvalue weighted by Gasteiger charge is 2.32. The number of carbonyl (C=O) groups excluding carboxylic acids is 3. The van der Waals surface area contributed by atoms with Crippen LogP contribution in [0.4, 0.5) is 5.69 Å². The Morgan fingerprint density at radius 1 is 1.00 bits per heavy atom. The number of ether oxygens (including phenoxy) is 1. The molecule has 8 nitrogen and oxygen atoms in total. The molecular weight excluding hydrogens is 456 g/mol. The minimum absolute atomic E-state index is 0.109. The topological polar surface area (TPSA) is 100 Å². The van der Waals surface area contributed by atoms with Gasteiger partial charge in [-0.15, -0.1) is 0 Å². The monoisotopic (exact) mass is 484 g/mol. The van der Waals surface area contributed by atoms with Gasteiger partial charge in [-0.05, 0) is 30.7 Å². The van der Waals surface area contributed by atoms with Gasteiger partial charge in [0, 0.05) is 18.2 Å². The summed E-state index contributed by atoms with van der Waals surface area (Å²) in [4.78, 5) is 44.9. The van der Waals surface area contributed by atoms with Gasteiger partial charge in [-0.3, -0.25) is 14.4 Å². The standard InChI is InChI=1S/C28H28N4O4/c1-18(29-24(33)17-19-13-15-21(36-3)16-14-19)27(34)31-26-28(35)32(2)23-12-8-7-11-22(23)25(30-26)20-9-5-4-6-10-20/h4-16,18,26H,17H2,1-3H3,(H,29,33)(H,31,34)/t18-,26+/m0/s1. The molecule has 3 aromatic carbocycles. The summed E-state index contributed by atoms with van der Waals surface area (Å²) in [5.74, 6) is -0.499. The third kappa shape index (κ3) is 5.43. The van der Waals surface area contributed by atoms with Crippen LogP contribution in [0.2, 0.25) is 0 Å². The number of nitrogens with one attached hydrogen (secondary N) is 2. The van der Waals surface area contributed by atoms with E-state index in [0.29, 0.717) is 17.1 Å². The van der Waals surface area contributed by atoms with Crippen molar-refractivity contribution in [1.82, 2.24) is 10.6 Å². The number of benzene rings is 3. The highest BCUT2D eigenvalue weighted by Crippen LogP contribution is 2.27. The maximum absolute atomic E-state index is 13.3. The van der Waals surface area contributed by atoms with Crippen LogP contribution >= 0.6 is 0 Å². The van der Waals surface area contributed by atoms with E-state index in [9.17, 15) is 14.4 Å². The molecule has 0 fully saturated rings. The molecule has 2 atom stereocenters. The van der Waals surface area contributed by atoms with Crippen molar-refractivity contribution in [2.45, 2.75) is 25.6 Å². The number of hydrogen-bond acceptors (Lipinski definition) is 5. The molecule has 0 radical (unpaired) electrons. The van der Waals surface area contributed by atoms with Gasteiger partial charge in [0.25, 0.3) is 5.91 Å². The Hall–Kier alpha value is -4.46. The predicted octanol–water partition coefficient (Wildman–Crippen LogP) is 2.70. The summed E-state index contributed by atoms with van der Waals surface area (Å²) in [5, 5.41) is 5.40. The fourth-order valence-electron chi connectivity index (χ4n) is 3.99. The molecule has 184 valence electrons. The van der Waals surface area contributed by atoms with Gasteiger partial charge < -0.3 is 20.3 Å². The highest BCUT2D eigenvalue weighted by atomic mass is 16.5. The molecule has 0 unspecified atom stereocenters. The summed E-state index contributed by atoms with van der Waals surface area (Å²) in [6, 6.07) is 23.2. The van der Waals surface area contributed by atoms with E-state index in [2.05, 4.69) is 15.6 Å². The molecule has 1 aliphatic heterocycles. The molecular formula is C28H28N4O4. The third-order valence-electron chi connectivity index (χ3n) is 5.96. The number of amides is 3. The summed E-state index contributed by atoms with van der Waals surface area (Å²) < 4.78 is 5.13. The van der Waals surface area contributed by atoms with Crippen LogP contribution in [-0.2, 0) is 20.8 Å². The van der Waals surface area contributed by atoms with E-state index in [4.69, 9.17) is 4.74 Å². The van der Waals surface area contributed by atoms with Crippen molar-refractivity contribution in [3.63, 3.8) is 0 Å². The maximum Gasteiger partial charge on any atom is 0.272 e. The van der Waals surface area contributed by atoms with Gasteiger partial charge >= 0.3 is 0 Å². The highest BCUT2D eigenvalue weighted by molar-refractivity contribution is 6.20. The van der Waals surface area contributed by atoms with Crippen LogP contribution in [0.5, 0.6) is 5.75 Å². The van der Waals surface area contributed by atoms with Crippen molar-refractivity contribution in [3.8, 4) is 5.75 Å². The summed E-state index contributed by atoms with van der Waals surface area (Å²) in [6.45, 7) is 1.57. The van der Waals surface area contributed by atoms with E-state index in [-0.39, 0.29) is 18.2 Å². The molecule has 1 heterocycles. The molecule has 0 saturated heterocycles. The van der Waals surface area contributed by atoms with E-state index < -0.39 is 18.1 Å². The lowest BCUT2D eigenvalue weighted by Gasteiger charge is -2.22. The predicted molar refractivity (Wildman–Crippen MR) is 138 cm³/mol. The van der Waals surface area contributed by atoms with E-state index in [1.54, 1.807) is 45.3 Å². The molecule has 0 aromatic heterocycles. The number of nitrogens with zero attached hydrogens (tertiary/aromatic N) is 2. The second-order valence-corrected chi connectivity index (χ2v) is 8.48. The van der Waals surface area contributed by atoms with Gasteiger partial charge in [-0.2, -0.15) is 0 Å². The Kier molecular flexibility index (Phi) is 7.44. The SMILES string of the molecule is COc1ccc(CC(=O)N[C@@H](C)C(=O)N[C@H]2N=C(c3ccccc3)c3ccccc3N(C)C2=O)cc1. The number of benzodiazepines with no additional fused rings is 1. The molecule has 36 heavy (non-hydrogen) atoms. The van der Waals surface area contributed by atoms with Crippen molar-refractivity contribution in [2.24, 2.45) is 4.99 Å². The van der Waals surface area contributed by atoms with Gasteiger partial charge in [0.15, 0.2) is 0 Å². The zero-order valence-electron chi connectivity index (χ0n) is 20.4. The number of methoxy groups -OCH3 is 1. The molecule has 3 aromatic rings. The van der Waals surface area contributed by atoms with Crippen molar-refractivity contribution in [1.29, 1.82) is 0 Å². The van der Waals surface area contributed by atoms with Crippen molar-refractivity contribution >= 4 is 29.1 Å². The van der Waals surface area contributed by atoms with Crippen LogP contribution < -0.4 is 20.3 Å². The largest absolute Gasteiger partial charge is 0.497 e. The van der Waals surface area contributed by atoms with E-state index in [1.807, 2.05) is 54.6 Å². The Balaban J connectivity index is 1.51. The average molecular weight is 485 g/mol. The third-order valence-corrected chi connectivity index (χ3v) is 5.96. The van der Waals surface area contributed by atoms with Crippen LogP contribution in [0.1, 0.15) is 23.6 Å². The maximum atomic E-state index is 13.3. The van der Waals surface area contributed by atoms with Crippen molar-refractivity contribution in [2.75, 3.05) is 19.1 Å². The molecule has 0 aliphatic carbocycles. The van der Waals surface area contributed by atoms with Gasteiger partial charge in [-0.1, -0.05) is 60.7 Å². The summed E-state index contributed by atoms with van der Waals surface area (Å²) in [5.41, 5.74) is 3.70. The first-order valence-corrected chi connectivity index (χ1v) is 11.6. The van der Waals surface area contributed by atoms with E-state index in [1.165, 1.54) is 4.90 Å². The minimum Gasteiger partial charge on any atom is -0.497 e. The number of para-hydroxylation sites is 1. The Labute approximate surface area is 210 Å². The molecule has 0 saturated carbocycles. The van der Waals surface area contributed by atoms with Gasteiger partial charge in [0.2, 0.25) is 18.0 Å². The van der Waals surface area contributed by atoms with Crippen molar-refractivity contribution in [3.05, 3.63) is 95.6 Å². The lowest BCUT2D eigenvalue weighted by Crippen LogP contribution is -2.52. The van der Waals surface area contributed by atoms with E-state index >= 15 is 0 Å². The molecule has 0 bridgehead atoms. The number of likely N-dealkylation sites (N-methyl/N-ethyl adjacent to an activating group) is 1. The van der Waals surface area contributed by atoms with Crippen LogP contribution in [-0.4, -0.2) is 49.8 Å². The smallest absolute Gasteiger partial charge is 0.272 e. The molecule has 8 heteroatoms. The van der Waals surface area contributed by atoms with Gasteiger partial charge in [0.05, 0.1) is 24.9 Å². The zero-order valence-corrected chi connectivity index (χ0v) is 20.4. The van der Waals surface area contributed by atoms with Crippen LogP contribution in [0, 0.1) is 0 Å². The molecule has 4 rings (SSSR count). The quantitative estimate of drug-likeness (QED) is 0.539. The second kappa shape index (κ2) is 10.9. The number of fused-ring (bicyclic) bond motifs is 1. The normalized spacial score (nSPS) is 15.8. The molecule has 1 aliphatic rings. The summed E-state index contributed by atoms with van der Waals surface area (Å²) >= 11 is 0. The number of hydrogen-bond donors (Lipinski definition) is 2. The minimum atomic E-state index is -1.15. The fourth-order valence-corrected chi connectivity index (χ4v) is 3.99. The van der Waals surface area contributed by atoms with Crippen LogP contribution in [0.3, 0.4) is 0 Å². The first-order valence-electron chi connectivity index (χ1n) is 11.6. The van der Waals surface area contributed by atoms with Gasteiger partial charge in [0.1, 0.15) is 11.8 Å². The number of carbonyl (C=O) groups is 3. The van der Waals surface area contributed by atoms with Gasteiger partial charge in [-0.25, -0.2) is 4.99 Å². The lowest BCUT2D eigenvalue weighted by atomic mass is 10.0. The summed E-state index contributed by atoms with van der Waals surface area (Å²) in [6.07, 6.45) is -1.04. The Bertz CT molecular complexity index is 1290. The molecule has 0 spiro atoms. The molecule has 2 N–H and O–H groups in total. The summed E-state index contributed by atoms with van der Waals surface area (Å²) in [7, 11) is 3.23. The molecule has 3 amide bonds.